The number of ether oxygens (including phenoxy) is 3. The van der Waals surface area contributed by atoms with Crippen LogP contribution in [0, 0.1) is 4.77 Å². The third-order valence-corrected chi connectivity index (χ3v) is 4.55. The van der Waals surface area contributed by atoms with E-state index in [2.05, 4.69) is 20.9 Å². The molecule has 0 aliphatic carbocycles. The third kappa shape index (κ3) is 3.03. The number of rotatable bonds is 4. The zero-order chi connectivity index (χ0) is 18.1. The fourth-order valence-electron chi connectivity index (χ4n) is 2.62. The van der Waals surface area contributed by atoms with E-state index in [4.69, 9.17) is 26.4 Å². The number of nitrogens with one attached hydrogen (secondary N) is 1. The molecule has 0 saturated carbocycles. The van der Waals surface area contributed by atoms with Crippen LogP contribution >= 0.6 is 28.1 Å². The first kappa shape index (κ1) is 17.5. The summed E-state index contributed by atoms with van der Waals surface area (Å²) >= 11 is 8.77. The highest BCUT2D eigenvalue weighted by molar-refractivity contribution is 9.10. The number of H-pyrrole nitrogens is 1. The second-order valence-corrected chi connectivity index (χ2v) is 6.45. The van der Waals surface area contributed by atoms with Crippen molar-refractivity contribution in [3.63, 3.8) is 0 Å². The summed E-state index contributed by atoms with van der Waals surface area (Å²) in [6.45, 7) is 0. The molecular formula is C17H15BrN2O4S. The van der Waals surface area contributed by atoms with Gasteiger partial charge >= 0.3 is 0 Å². The van der Waals surface area contributed by atoms with E-state index in [1.165, 1.54) is 25.9 Å². The van der Waals surface area contributed by atoms with Crippen LogP contribution in [0.3, 0.4) is 0 Å². The number of hydrogen-bond acceptors (Lipinski definition) is 5. The van der Waals surface area contributed by atoms with Crippen molar-refractivity contribution in [2.75, 3.05) is 21.3 Å². The van der Waals surface area contributed by atoms with E-state index in [1.807, 2.05) is 6.07 Å². The average Bonchev–Trinajstić information content (AvgIpc) is 2.61. The predicted octanol–water partition coefficient (Wildman–Crippen LogP) is 3.84. The molecule has 0 spiro atoms. The van der Waals surface area contributed by atoms with Gasteiger partial charge in [0.15, 0.2) is 16.3 Å². The lowest BCUT2D eigenvalue weighted by molar-refractivity contribution is 0.324. The lowest BCUT2D eigenvalue weighted by Crippen LogP contribution is -2.20. The molecule has 3 rings (SSSR count). The van der Waals surface area contributed by atoms with Gasteiger partial charge in [-0.1, -0.05) is 15.9 Å². The molecule has 0 amide bonds. The molecule has 6 nitrogen and oxygen atoms in total. The Morgan fingerprint density at radius 3 is 2.24 bits per heavy atom. The van der Waals surface area contributed by atoms with E-state index >= 15 is 0 Å². The van der Waals surface area contributed by atoms with Gasteiger partial charge in [0, 0.05) is 16.6 Å². The van der Waals surface area contributed by atoms with Crippen molar-refractivity contribution in [2.24, 2.45) is 0 Å². The molecule has 0 bridgehead atoms. The van der Waals surface area contributed by atoms with Crippen molar-refractivity contribution in [3.8, 4) is 22.9 Å². The first-order valence-electron chi connectivity index (χ1n) is 7.25. The van der Waals surface area contributed by atoms with Crippen LogP contribution in [-0.2, 0) is 0 Å². The summed E-state index contributed by atoms with van der Waals surface area (Å²) in [5.74, 6) is 1.32. The summed E-state index contributed by atoms with van der Waals surface area (Å²) in [4.78, 5) is 16.1. The van der Waals surface area contributed by atoms with E-state index in [0.29, 0.717) is 33.8 Å². The van der Waals surface area contributed by atoms with Crippen molar-refractivity contribution < 1.29 is 14.2 Å². The molecule has 1 aromatic heterocycles. The molecule has 0 aliphatic heterocycles. The van der Waals surface area contributed by atoms with Gasteiger partial charge in [-0.05, 0) is 30.4 Å². The highest BCUT2D eigenvalue weighted by atomic mass is 79.9. The van der Waals surface area contributed by atoms with Crippen LogP contribution in [-0.4, -0.2) is 30.9 Å². The van der Waals surface area contributed by atoms with Gasteiger partial charge in [-0.2, -0.15) is 0 Å². The van der Waals surface area contributed by atoms with Gasteiger partial charge < -0.3 is 19.2 Å². The van der Waals surface area contributed by atoms with E-state index in [0.717, 1.165) is 4.47 Å². The second kappa shape index (κ2) is 6.89. The Balaban J connectivity index is 2.37. The van der Waals surface area contributed by atoms with Crippen molar-refractivity contribution in [2.45, 2.75) is 0 Å². The number of hydrogen-bond donors (Lipinski definition) is 1. The van der Waals surface area contributed by atoms with E-state index in [9.17, 15) is 4.79 Å². The molecular weight excluding hydrogens is 408 g/mol. The minimum atomic E-state index is -0.241. The van der Waals surface area contributed by atoms with Gasteiger partial charge in [-0.3, -0.25) is 9.36 Å². The number of methoxy groups -OCH3 is 3. The van der Waals surface area contributed by atoms with Gasteiger partial charge in [0.2, 0.25) is 5.75 Å². The highest BCUT2D eigenvalue weighted by Gasteiger charge is 2.16. The molecule has 0 unspecified atom stereocenters. The van der Waals surface area contributed by atoms with Crippen LogP contribution in [0.1, 0.15) is 0 Å². The van der Waals surface area contributed by atoms with E-state index in [1.54, 1.807) is 24.3 Å². The Kier molecular flexibility index (Phi) is 4.82. The van der Waals surface area contributed by atoms with Gasteiger partial charge in [-0.25, -0.2) is 0 Å². The standard InChI is InChI=1S/C17H15BrN2O4S/c1-22-13-7-10(8-14(23-2)15(13)24-3)20-16(21)11-6-9(18)4-5-12(11)19-17(20)25/h4-8H,1-3H3,(H,19,25). The molecule has 8 heteroatoms. The number of fused-ring (bicyclic) bond motifs is 1. The number of benzene rings is 2. The Hall–Kier alpha value is -2.32. The summed E-state index contributed by atoms with van der Waals surface area (Å²) < 4.78 is 18.5. The number of nitrogens with zero attached hydrogens (tertiary/aromatic N) is 1. The molecule has 0 fully saturated rings. The smallest absolute Gasteiger partial charge is 0.266 e. The van der Waals surface area contributed by atoms with E-state index in [-0.39, 0.29) is 10.3 Å². The zero-order valence-electron chi connectivity index (χ0n) is 13.8. The lowest BCUT2D eigenvalue weighted by Gasteiger charge is -2.15. The summed E-state index contributed by atoms with van der Waals surface area (Å²) in [6, 6.07) is 8.75. The summed E-state index contributed by atoms with van der Waals surface area (Å²) in [7, 11) is 4.55. The topological polar surface area (TPSA) is 65.5 Å². The summed E-state index contributed by atoms with van der Waals surface area (Å²) in [5, 5.41) is 0.511. The minimum Gasteiger partial charge on any atom is -0.493 e. The maximum absolute atomic E-state index is 13.0. The Morgan fingerprint density at radius 2 is 1.68 bits per heavy atom. The summed E-state index contributed by atoms with van der Waals surface area (Å²) in [5.41, 5.74) is 0.943. The maximum atomic E-state index is 13.0. The molecule has 0 atom stereocenters. The van der Waals surface area contributed by atoms with Crippen molar-refractivity contribution in [3.05, 3.63) is 49.9 Å². The minimum absolute atomic E-state index is 0.241. The van der Waals surface area contributed by atoms with Crippen molar-refractivity contribution >= 4 is 39.1 Å². The molecule has 0 radical (unpaired) electrons. The zero-order valence-corrected chi connectivity index (χ0v) is 16.2. The van der Waals surface area contributed by atoms with Gasteiger partial charge in [0.1, 0.15) is 0 Å². The normalized spacial score (nSPS) is 10.7. The largest absolute Gasteiger partial charge is 0.493 e. The first-order valence-corrected chi connectivity index (χ1v) is 8.45. The molecule has 130 valence electrons. The predicted molar refractivity (Wildman–Crippen MR) is 102 cm³/mol. The Labute approximate surface area is 157 Å². The van der Waals surface area contributed by atoms with Gasteiger partial charge in [0.05, 0.1) is 37.9 Å². The molecule has 0 aliphatic rings. The van der Waals surface area contributed by atoms with Crippen molar-refractivity contribution in [1.29, 1.82) is 0 Å². The van der Waals surface area contributed by atoms with Crippen LogP contribution in [0.5, 0.6) is 17.2 Å². The second-order valence-electron chi connectivity index (χ2n) is 5.14. The average molecular weight is 423 g/mol. The molecule has 1 N–H and O–H groups in total. The first-order chi connectivity index (χ1) is 12.0. The molecule has 3 aromatic rings. The fraction of sp³-hybridized carbons (Fsp3) is 0.176. The van der Waals surface area contributed by atoms with Crippen molar-refractivity contribution in [1.82, 2.24) is 9.55 Å². The van der Waals surface area contributed by atoms with Crippen LogP contribution in [0.4, 0.5) is 0 Å². The Morgan fingerprint density at radius 1 is 1.04 bits per heavy atom. The Bertz CT molecular complexity index is 1050. The van der Waals surface area contributed by atoms with Gasteiger partial charge in [-0.15, -0.1) is 0 Å². The van der Waals surface area contributed by atoms with Crippen LogP contribution < -0.4 is 19.8 Å². The third-order valence-electron chi connectivity index (χ3n) is 3.77. The SMILES string of the molecule is COc1cc(-n2c(=S)[nH]c3ccc(Br)cc3c2=O)cc(OC)c1OC. The number of aromatic nitrogens is 2. The van der Waals surface area contributed by atoms with Crippen LogP contribution in [0.15, 0.2) is 39.6 Å². The van der Waals surface area contributed by atoms with E-state index < -0.39 is 0 Å². The molecule has 0 saturated heterocycles. The molecule has 25 heavy (non-hydrogen) atoms. The molecule has 1 heterocycles. The van der Waals surface area contributed by atoms with Crippen LogP contribution in [0.2, 0.25) is 0 Å². The van der Waals surface area contributed by atoms with Gasteiger partial charge in [0.25, 0.3) is 5.56 Å². The quantitative estimate of drug-likeness (QED) is 0.647. The molecule has 2 aromatic carbocycles. The summed E-state index contributed by atoms with van der Waals surface area (Å²) in [6.07, 6.45) is 0. The number of aromatic amines is 1. The highest BCUT2D eigenvalue weighted by Crippen LogP contribution is 2.39. The van der Waals surface area contributed by atoms with Crippen LogP contribution in [0.25, 0.3) is 16.6 Å². The number of halogens is 1. The maximum Gasteiger partial charge on any atom is 0.266 e. The fourth-order valence-corrected chi connectivity index (χ4v) is 3.28. The monoisotopic (exact) mass is 422 g/mol. The lowest BCUT2D eigenvalue weighted by atomic mass is 10.2.